The van der Waals surface area contributed by atoms with Crippen molar-refractivity contribution in [1.82, 2.24) is 14.5 Å². The normalized spacial score (nSPS) is 10.9. The molecule has 3 rings (SSSR count). The molecule has 0 aliphatic rings. The van der Waals surface area contributed by atoms with Crippen LogP contribution in [0.1, 0.15) is 6.92 Å². The van der Waals surface area contributed by atoms with Gasteiger partial charge in [-0.1, -0.05) is 11.3 Å². The zero-order valence-electron chi connectivity index (χ0n) is 11.0. The molecule has 3 aromatic rings. The lowest BCUT2D eigenvalue weighted by Crippen LogP contribution is -2.07. The number of aromatic amines is 2. The number of hydrogen-bond donors (Lipinski definition) is 2. The van der Waals surface area contributed by atoms with E-state index in [2.05, 4.69) is 9.97 Å². The van der Waals surface area contributed by atoms with Crippen molar-refractivity contribution in [1.29, 1.82) is 0 Å². The van der Waals surface area contributed by atoms with E-state index in [1.807, 2.05) is 31.2 Å². The van der Waals surface area contributed by atoms with Crippen molar-refractivity contribution in [3.8, 4) is 11.4 Å². The maximum atomic E-state index is 11.9. The Balaban J connectivity index is 2.25. The summed E-state index contributed by atoms with van der Waals surface area (Å²) >= 11 is 11.6. The van der Waals surface area contributed by atoms with Crippen LogP contribution < -0.4 is 10.3 Å². The molecular formula is C13H11N3O2S3. The first kappa shape index (κ1) is 14.2. The second kappa shape index (κ2) is 5.55. The van der Waals surface area contributed by atoms with Gasteiger partial charge in [-0.2, -0.15) is 0 Å². The molecule has 2 heterocycles. The Kier molecular flexibility index (Phi) is 3.75. The van der Waals surface area contributed by atoms with Crippen molar-refractivity contribution in [2.75, 3.05) is 6.61 Å². The Morgan fingerprint density at radius 3 is 2.62 bits per heavy atom. The van der Waals surface area contributed by atoms with Crippen molar-refractivity contribution in [3.05, 3.63) is 43.3 Å². The van der Waals surface area contributed by atoms with Gasteiger partial charge in [0, 0.05) is 5.69 Å². The van der Waals surface area contributed by atoms with Gasteiger partial charge in [0.1, 0.15) is 16.1 Å². The van der Waals surface area contributed by atoms with Gasteiger partial charge < -0.3 is 9.72 Å². The Hall–Kier alpha value is -1.77. The minimum Gasteiger partial charge on any atom is -0.494 e. The molecular weight excluding hydrogens is 326 g/mol. The molecule has 5 nitrogen and oxygen atoms in total. The van der Waals surface area contributed by atoms with Crippen molar-refractivity contribution in [2.45, 2.75) is 6.92 Å². The summed E-state index contributed by atoms with van der Waals surface area (Å²) in [5.74, 6) is 0.790. The first-order valence-corrected chi connectivity index (χ1v) is 7.85. The SMILES string of the molecule is CCOc1ccc(-n2c(=S)sc3c(=O)[nH]c(=S)[nH]c32)cc1. The predicted octanol–water partition coefficient (Wildman–Crippen LogP) is 3.57. The smallest absolute Gasteiger partial charge is 0.271 e. The predicted molar refractivity (Wildman–Crippen MR) is 89.0 cm³/mol. The number of thiazole rings is 1. The summed E-state index contributed by atoms with van der Waals surface area (Å²) in [4.78, 5) is 17.5. The number of aromatic nitrogens is 3. The molecule has 0 unspecified atom stereocenters. The van der Waals surface area contributed by atoms with E-state index >= 15 is 0 Å². The van der Waals surface area contributed by atoms with Gasteiger partial charge in [0.2, 0.25) is 0 Å². The molecule has 0 atom stereocenters. The molecule has 0 saturated carbocycles. The summed E-state index contributed by atoms with van der Waals surface area (Å²) in [5.41, 5.74) is 1.24. The molecule has 0 saturated heterocycles. The molecule has 2 N–H and O–H groups in total. The highest BCUT2D eigenvalue weighted by atomic mass is 32.1. The number of H-pyrrole nitrogens is 2. The highest BCUT2D eigenvalue weighted by molar-refractivity contribution is 7.73. The second-order valence-corrected chi connectivity index (χ2v) is 6.27. The van der Waals surface area contributed by atoms with E-state index in [0.717, 1.165) is 11.4 Å². The van der Waals surface area contributed by atoms with Gasteiger partial charge in [-0.3, -0.25) is 14.3 Å². The molecule has 0 spiro atoms. The third-order valence-corrected chi connectivity index (χ3v) is 4.46. The highest BCUT2D eigenvalue weighted by Gasteiger charge is 2.11. The maximum Gasteiger partial charge on any atom is 0.271 e. The maximum absolute atomic E-state index is 11.9. The minimum atomic E-state index is -0.227. The molecule has 21 heavy (non-hydrogen) atoms. The van der Waals surface area contributed by atoms with Crippen LogP contribution in [-0.4, -0.2) is 21.1 Å². The van der Waals surface area contributed by atoms with Crippen LogP contribution in [-0.2, 0) is 0 Å². The third-order valence-electron chi connectivity index (χ3n) is 2.88. The van der Waals surface area contributed by atoms with Crippen molar-refractivity contribution in [3.63, 3.8) is 0 Å². The standard InChI is InChI=1S/C13H11N3O2S3/c1-2-18-8-5-3-7(4-6-8)16-10-9(21-13(16)20)11(17)15-12(19)14-10/h3-6H,2H2,1H3,(H2,14,15,17,19). The van der Waals surface area contributed by atoms with Crippen LogP contribution in [0.2, 0.25) is 0 Å². The van der Waals surface area contributed by atoms with E-state index in [0.29, 0.717) is 20.9 Å². The van der Waals surface area contributed by atoms with E-state index < -0.39 is 0 Å². The third kappa shape index (κ3) is 2.57. The summed E-state index contributed by atoms with van der Waals surface area (Å²) in [7, 11) is 0. The largest absolute Gasteiger partial charge is 0.494 e. The lowest BCUT2D eigenvalue weighted by atomic mass is 10.3. The van der Waals surface area contributed by atoms with E-state index in [1.54, 1.807) is 4.57 Å². The van der Waals surface area contributed by atoms with Crippen LogP contribution in [0.3, 0.4) is 0 Å². The average Bonchev–Trinajstić information content (AvgIpc) is 2.77. The Morgan fingerprint density at radius 1 is 1.24 bits per heavy atom. The van der Waals surface area contributed by atoms with E-state index in [1.165, 1.54) is 11.3 Å². The van der Waals surface area contributed by atoms with E-state index in [-0.39, 0.29) is 10.3 Å². The highest BCUT2D eigenvalue weighted by Crippen LogP contribution is 2.24. The van der Waals surface area contributed by atoms with Crippen LogP contribution in [0.15, 0.2) is 29.1 Å². The molecule has 8 heteroatoms. The van der Waals surface area contributed by atoms with Crippen molar-refractivity contribution >= 4 is 46.1 Å². The summed E-state index contributed by atoms with van der Waals surface area (Å²) in [6.07, 6.45) is 0. The molecule has 0 fully saturated rings. The molecule has 1 aromatic carbocycles. The zero-order chi connectivity index (χ0) is 15.0. The molecule has 2 aromatic heterocycles. The number of hydrogen-bond acceptors (Lipinski definition) is 5. The minimum absolute atomic E-state index is 0.227. The summed E-state index contributed by atoms with van der Waals surface area (Å²) in [6, 6.07) is 7.52. The Bertz CT molecular complexity index is 963. The molecule has 0 aliphatic heterocycles. The summed E-state index contributed by atoms with van der Waals surface area (Å²) in [6.45, 7) is 2.55. The van der Waals surface area contributed by atoms with E-state index in [9.17, 15) is 4.79 Å². The fraction of sp³-hybridized carbons (Fsp3) is 0.154. The van der Waals surface area contributed by atoms with Crippen molar-refractivity contribution < 1.29 is 4.74 Å². The number of fused-ring (bicyclic) bond motifs is 1. The van der Waals surface area contributed by atoms with Gasteiger partial charge in [0.15, 0.2) is 8.73 Å². The number of nitrogens with one attached hydrogen (secondary N) is 2. The lowest BCUT2D eigenvalue weighted by molar-refractivity contribution is 0.340. The van der Waals surface area contributed by atoms with Crippen LogP contribution >= 0.6 is 35.8 Å². The zero-order valence-corrected chi connectivity index (χ0v) is 13.5. The quantitative estimate of drug-likeness (QED) is 0.717. The molecule has 0 bridgehead atoms. The number of nitrogens with zero attached hydrogens (tertiary/aromatic N) is 1. The van der Waals surface area contributed by atoms with Gasteiger partial charge in [-0.05, 0) is 55.6 Å². The average molecular weight is 337 g/mol. The summed E-state index contributed by atoms with van der Waals surface area (Å²) in [5, 5.41) is 0. The fourth-order valence-electron chi connectivity index (χ4n) is 2.03. The first-order chi connectivity index (χ1) is 10.1. The Labute approximate surface area is 133 Å². The van der Waals surface area contributed by atoms with Crippen LogP contribution in [0.25, 0.3) is 16.0 Å². The summed E-state index contributed by atoms with van der Waals surface area (Å²) < 4.78 is 8.61. The van der Waals surface area contributed by atoms with Crippen molar-refractivity contribution in [2.24, 2.45) is 0 Å². The number of rotatable bonds is 3. The first-order valence-electron chi connectivity index (χ1n) is 6.21. The number of benzene rings is 1. The second-order valence-electron chi connectivity index (χ2n) is 4.22. The monoisotopic (exact) mass is 337 g/mol. The van der Waals surface area contributed by atoms with Gasteiger partial charge in [0.25, 0.3) is 5.56 Å². The van der Waals surface area contributed by atoms with Crippen LogP contribution in [0, 0.1) is 8.73 Å². The van der Waals surface area contributed by atoms with E-state index in [4.69, 9.17) is 29.2 Å². The number of ether oxygens (including phenoxy) is 1. The fourth-order valence-corrected chi connectivity index (χ4v) is 3.51. The Morgan fingerprint density at radius 2 is 1.95 bits per heavy atom. The topological polar surface area (TPSA) is 62.8 Å². The molecule has 0 radical (unpaired) electrons. The van der Waals surface area contributed by atoms with Gasteiger partial charge >= 0.3 is 0 Å². The molecule has 0 aliphatic carbocycles. The molecule has 108 valence electrons. The van der Waals surface area contributed by atoms with Crippen LogP contribution in [0.4, 0.5) is 0 Å². The van der Waals surface area contributed by atoms with Crippen LogP contribution in [0.5, 0.6) is 5.75 Å². The molecule has 0 amide bonds. The lowest BCUT2D eigenvalue weighted by Gasteiger charge is -2.07. The van der Waals surface area contributed by atoms with Gasteiger partial charge in [-0.25, -0.2) is 0 Å². The van der Waals surface area contributed by atoms with Gasteiger partial charge in [-0.15, -0.1) is 0 Å². The van der Waals surface area contributed by atoms with Gasteiger partial charge in [0.05, 0.1) is 6.61 Å².